The Morgan fingerprint density at radius 3 is 2.74 bits per heavy atom. The molecule has 5 nitrogen and oxygen atoms in total. The highest BCUT2D eigenvalue weighted by molar-refractivity contribution is 5.95. The maximum atomic E-state index is 13.2. The number of carbonyl (C=O) groups is 1. The van der Waals surface area contributed by atoms with Crippen LogP contribution >= 0.6 is 0 Å². The summed E-state index contributed by atoms with van der Waals surface area (Å²) < 4.78 is 14.6. The second-order valence-electron chi connectivity index (χ2n) is 4.59. The Hall–Kier alpha value is -2.24. The normalized spacial score (nSPS) is 11.0. The van der Waals surface area contributed by atoms with Crippen LogP contribution in [0.3, 0.4) is 0 Å². The van der Waals surface area contributed by atoms with Crippen LogP contribution in [-0.2, 0) is 7.05 Å². The molecule has 0 saturated carbocycles. The summed E-state index contributed by atoms with van der Waals surface area (Å²) in [6, 6.07) is 3.72. The fraction of sp³-hybridized carbons (Fsp3) is 0.308. The van der Waals surface area contributed by atoms with Gasteiger partial charge in [0, 0.05) is 13.1 Å². The van der Waals surface area contributed by atoms with Crippen molar-refractivity contribution >= 4 is 16.8 Å². The Balaban J connectivity index is 2.68. The molecule has 0 fully saturated rings. The van der Waals surface area contributed by atoms with Crippen molar-refractivity contribution in [3.63, 3.8) is 0 Å². The summed E-state index contributed by atoms with van der Waals surface area (Å²) in [7, 11) is 1.60. The Morgan fingerprint density at radius 1 is 1.42 bits per heavy atom. The number of benzene rings is 1. The van der Waals surface area contributed by atoms with Crippen molar-refractivity contribution in [2.75, 3.05) is 0 Å². The van der Waals surface area contributed by atoms with E-state index in [1.165, 1.54) is 16.8 Å². The number of fused-ring (bicyclic) bond motifs is 1. The number of hydrogen-bond donors (Lipinski definition) is 1. The van der Waals surface area contributed by atoms with Crippen LogP contribution in [0.4, 0.5) is 4.39 Å². The fourth-order valence-corrected chi connectivity index (χ4v) is 1.83. The number of carbonyl (C=O) groups excluding carboxylic acids is 1. The van der Waals surface area contributed by atoms with Gasteiger partial charge in [-0.05, 0) is 32.0 Å². The number of nitrogens with zero attached hydrogens (tertiary/aromatic N) is 2. The average Bonchev–Trinajstić information content (AvgIpc) is 2.32. The summed E-state index contributed by atoms with van der Waals surface area (Å²) in [5.41, 5.74) is -0.312. The molecule has 19 heavy (non-hydrogen) atoms. The van der Waals surface area contributed by atoms with Crippen LogP contribution in [0.5, 0.6) is 0 Å². The third-order valence-electron chi connectivity index (χ3n) is 2.65. The van der Waals surface area contributed by atoms with Crippen LogP contribution in [0.1, 0.15) is 24.3 Å². The molecule has 0 spiro atoms. The lowest BCUT2D eigenvalue weighted by molar-refractivity contribution is 0.0935. The fourth-order valence-electron chi connectivity index (χ4n) is 1.83. The maximum absolute atomic E-state index is 13.2. The summed E-state index contributed by atoms with van der Waals surface area (Å²) in [5, 5.41) is 6.70. The zero-order chi connectivity index (χ0) is 14.2. The third kappa shape index (κ3) is 2.47. The molecule has 2 rings (SSSR count). The molecule has 1 heterocycles. The Morgan fingerprint density at radius 2 is 2.11 bits per heavy atom. The first-order chi connectivity index (χ1) is 8.90. The molecule has 0 radical (unpaired) electrons. The van der Waals surface area contributed by atoms with Crippen molar-refractivity contribution in [3.8, 4) is 0 Å². The smallest absolute Gasteiger partial charge is 0.276 e. The number of rotatable bonds is 2. The number of nitrogens with one attached hydrogen (secondary N) is 1. The second kappa shape index (κ2) is 4.79. The minimum atomic E-state index is -0.564. The molecule has 0 aliphatic heterocycles. The van der Waals surface area contributed by atoms with Crippen LogP contribution in [0.2, 0.25) is 0 Å². The first kappa shape index (κ1) is 13.2. The minimum absolute atomic E-state index is 0.109. The Bertz CT molecular complexity index is 707. The predicted molar refractivity (Wildman–Crippen MR) is 69.5 cm³/mol. The monoisotopic (exact) mass is 263 g/mol. The number of halogens is 1. The first-order valence-electron chi connectivity index (χ1n) is 5.87. The van der Waals surface area contributed by atoms with E-state index in [0.29, 0.717) is 5.52 Å². The summed E-state index contributed by atoms with van der Waals surface area (Å²) in [5.74, 6) is -1.08. The number of amides is 1. The van der Waals surface area contributed by atoms with Crippen molar-refractivity contribution in [2.24, 2.45) is 7.05 Å². The van der Waals surface area contributed by atoms with E-state index in [9.17, 15) is 14.0 Å². The number of aromatic nitrogens is 2. The molecule has 0 bridgehead atoms. The van der Waals surface area contributed by atoms with E-state index in [1.807, 2.05) is 0 Å². The highest BCUT2D eigenvalue weighted by atomic mass is 19.1. The highest BCUT2D eigenvalue weighted by Crippen LogP contribution is 2.11. The van der Waals surface area contributed by atoms with E-state index < -0.39 is 17.2 Å². The van der Waals surface area contributed by atoms with Gasteiger partial charge >= 0.3 is 0 Å². The van der Waals surface area contributed by atoms with Gasteiger partial charge in [-0.2, -0.15) is 5.10 Å². The lowest BCUT2D eigenvalue weighted by atomic mass is 10.2. The number of hydrogen-bond acceptors (Lipinski definition) is 3. The molecule has 1 N–H and O–H groups in total. The van der Waals surface area contributed by atoms with E-state index in [2.05, 4.69) is 10.4 Å². The zero-order valence-corrected chi connectivity index (χ0v) is 10.9. The maximum Gasteiger partial charge on any atom is 0.276 e. The van der Waals surface area contributed by atoms with Crippen molar-refractivity contribution < 1.29 is 9.18 Å². The van der Waals surface area contributed by atoms with Crippen LogP contribution in [0.25, 0.3) is 10.9 Å². The molecule has 1 aromatic carbocycles. The van der Waals surface area contributed by atoms with E-state index in [-0.39, 0.29) is 17.1 Å². The molecule has 2 aromatic rings. The third-order valence-corrected chi connectivity index (χ3v) is 2.65. The van der Waals surface area contributed by atoms with Gasteiger partial charge in [-0.25, -0.2) is 4.39 Å². The molecule has 1 aromatic heterocycles. The molecular formula is C13H14FN3O2. The summed E-state index contributed by atoms with van der Waals surface area (Å²) in [4.78, 5) is 24.0. The molecule has 0 saturated heterocycles. The lowest BCUT2D eigenvalue weighted by Crippen LogP contribution is -2.35. The van der Waals surface area contributed by atoms with Gasteiger partial charge in [0.15, 0.2) is 5.69 Å². The predicted octanol–water partition coefficient (Wildman–Crippen LogP) is 1.21. The van der Waals surface area contributed by atoms with Crippen molar-refractivity contribution in [3.05, 3.63) is 39.9 Å². The van der Waals surface area contributed by atoms with Crippen LogP contribution in [-0.4, -0.2) is 21.7 Å². The van der Waals surface area contributed by atoms with Crippen molar-refractivity contribution in [1.82, 2.24) is 15.1 Å². The Kier molecular flexibility index (Phi) is 3.33. The largest absolute Gasteiger partial charge is 0.348 e. The van der Waals surface area contributed by atoms with Gasteiger partial charge in [0.25, 0.3) is 5.91 Å². The van der Waals surface area contributed by atoms with Crippen LogP contribution in [0, 0.1) is 5.82 Å². The summed E-state index contributed by atoms with van der Waals surface area (Å²) in [6.45, 7) is 3.56. The van der Waals surface area contributed by atoms with E-state index in [0.717, 1.165) is 6.07 Å². The molecule has 0 atom stereocenters. The van der Waals surface area contributed by atoms with Gasteiger partial charge in [0.1, 0.15) is 5.82 Å². The van der Waals surface area contributed by atoms with Crippen molar-refractivity contribution in [1.29, 1.82) is 0 Å². The van der Waals surface area contributed by atoms with Crippen LogP contribution in [0.15, 0.2) is 23.0 Å². The van der Waals surface area contributed by atoms with Gasteiger partial charge in [-0.3, -0.25) is 14.3 Å². The van der Waals surface area contributed by atoms with Crippen molar-refractivity contribution in [2.45, 2.75) is 19.9 Å². The summed E-state index contributed by atoms with van der Waals surface area (Å²) in [6.07, 6.45) is 0. The van der Waals surface area contributed by atoms with Gasteiger partial charge in [0.2, 0.25) is 5.43 Å². The number of aryl methyl sites for hydroxylation is 1. The molecule has 100 valence electrons. The molecule has 1 amide bonds. The molecule has 6 heteroatoms. The molecule has 0 aliphatic carbocycles. The van der Waals surface area contributed by atoms with Gasteiger partial charge in [-0.1, -0.05) is 0 Å². The molecular weight excluding hydrogens is 249 g/mol. The van der Waals surface area contributed by atoms with E-state index in [4.69, 9.17) is 0 Å². The van der Waals surface area contributed by atoms with E-state index >= 15 is 0 Å². The van der Waals surface area contributed by atoms with Gasteiger partial charge in [0.05, 0.1) is 10.9 Å². The van der Waals surface area contributed by atoms with E-state index in [1.54, 1.807) is 20.9 Å². The van der Waals surface area contributed by atoms with Gasteiger partial charge < -0.3 is 5.32 Å². The standard InChI is InChI=1S/C13H14FN3O2/c1-7(2)15-13(19)11-12(18)9-6-8(14)4-5-10(9)17(3)16-11/h4-7H,1-3H3,(H,15,19). The highest BCUT2D eigenvalue weighted by Gasteiger charge is 2.17. The van der Waals surface area contributed by atoms with Gasteiger partial charge in [-0.15, -0.1) is 0 Å². The first-order valence-corrected chi connectivity index (χ1v) is 5.87. The minimum Gasteiger partial charge on any atom is -0.348 e. The zero-order valence-electron chi connectivity index (χ0n) is 10.9. The lowest BCUT2D eigenvalue weighted by Gasteiger charge is -2.10. The SMILES string of the molecule is CC(C)NC(=O)c1nn(C)c2ccc(F)cc2c1=O. The van der Waals surface area contributed by atoms with Crippen LogP contribution < -0.4 is 10.7 Å². The molecule has 0 unspecified atom stereocenters. The quantitative estimate of drug-likeness (QED) is 0.885. The molecule has 0 aliphatic rings. The topological polar surface area (TPSA) is 64.0 Å². The second-order valence-corrected chi connectivity index (χ2v) is 4.59. The Labute approximate surface area is 109 Å². The average molecular weight is 263 g/mol. The summed E-state index contributed by atoms with van der Waals surface area (Å²) >= 11 is 0.